The van der Waals surface area contributed by atoms with Gasteiger partial charge in [0.25, 0.3) is 0 Å². The molecule has 6 heteroatoms. The van der Waals surface area contributed by atoms with E-state index in [0.717, 1.165) is 29.3 Å². The van der Waals surface area contributed by atoms with E-state index in [9.17, 15) is 4.79 Å². The Labute approximate surface area is 189 Å². The van der Waals surface area contributed by atoms with Crippen molar-refractivity contribution < 1.29 is 19.0 Å². The molecule has 0 aliphatic carbocycles. The first kappa shape index (κ1) is 23.2. The second-order valence-electron chi connectivity index (χ2n) is 7.08. The average Bonchev–Trinajstić information content (AvgIpc) is 2.83. The molecular formula is C26H30N2O4. The summed E-state index contributed by atoms with van der Waals surface area (Å²) in [5.41, 5.74) is 2.78. The van der Waals surface area contributed by atoms with Gasteiger partial charge in [0.15, 0.2) is 0 Å². The molecule has 0 saturated heterocycles. The van der Waals surface area contributed by atoms with Crippen LogP contribution in [0.5, 0.6) is 11.5 Å². The molecule has 0 saturated carbocycles. The van der Waals surface area contributed by atoms with Crippen molar-refractivity contribution in [2.45, 2.75) is 13.3 Å². The van der Waals surface area contributed by atoms with Gasteiger partial charge in [0.1, 0.15) is 18.1 Å². The van der Waals surface area contributed by atoms with Crippen molar-refractivity contribution in [2.24, 2.45) is 0 Å². The van der Waals surface area contributed by atoms with Gasteiger partial charge in [-0.05, 0) is 48.9 Å². The standard InChI is InChI=1S/C26H30N2O4/c1-2-30-17-18-32-25-10-6-9-23(19-25)27-20-26(29)28-22-11-13-24(14-12-22)31-16-15-21-7-4-3-5-8-21/h3-14,19,27H,2,15-18,20H2,1H3,(H,28,29). The molecule has 3 aromatic rings. The van der Waals surface area contributed by atoms with Gasteiger partial charge in [0, 0.05) is 30.5 Å². The lowest BCUT2D eigenvalue weighted by Crippen LogP contribution is -2.21. The van der Waals surface area contributed by atoms with Crippen LogP contribution in [0.4, 0.5) is 11.4 Å². The van der Waals surface area contributed by atoms with Crippen molar-refractivity contribution in [3.8, 4) is 11.5 Å². The summed E-state index contributed by atoms with van der Waals surface area (Å²) >= 11 is 0. The monoisotopic (exact) mass is 434 g/mol. The lowest BCUT2D eigenvalue weighted by Gasteiger charge is -2.11. The van der Waals surface area contributed by atoms with Crippen LogP contribution in [0.1, 0.15) is 12.5 Å². The van der Waals surface area contributed by atoms with E-state index >= 15 is 0 Å². The van der Waals surface area contributed by atoms with Crippen LogP contribution in [-0.4, -0.2) is 38.9 Å². The third-order valence-electron chi connectivity index (χ3n) is 4.63. The summed E-state index contributed by atoms with van der Waals surface area (Å²) in [7, 11) is 0. The molecule has 3 rings (SSSR count). The summed E-state index contributed by atoms with van der Waals surface area (Å²) in [6.45, 7) is 4.41. The molecule has 0 heterocycles. The van der Waals surface area contributed by atoms with E-state index in [1.54, 1.807) is 0 Å². The molecule has 0 fully saturated rings. The van der Waals surface area contributed by atoms with Crippen molar-refractivity contribution in [1.82, 2.24) is 0 Å². The van der Waals surface area contributed by atoms with Gasteiger partial charge >= 0.3 is 0 Å². The van der Waals surface area contributed by atoms with E-state index in [1.807, 2.05) is 73.7 Å². The first-order valence-electron chi connectivity index (χ1n) is 10.8. The summed E-state index contributed by atoms with van der Waals surface area (Å²) in [5.74, 6) is 1.38. The highest BCUT2D eigenvalue weighted by atomic mass is 16.5. The Morgan fingerprint density at radius 2 is 1.56 bits per heavy atom. The summed E-state index contributed by atoms with van der Waals surface area (Å²) in [4.78, 5) is 12.3. The Balaban J connectivity index is 1.38. The van der Waals surface area contributed by atoms with Crippen LogP contribution < -0.4 is 20.1 Å². The number of hydrogen-bond acceptors (Lipinski definition) is 5. The van der Waals surface area contributed by atoms with Crippen LogP contribution in [0.15, 0.2) is 78.9 Å². The largest absolute Gasteiger partial charge is 0.493 e. The number of carbonyl (C=O) groups is 1. The van der Waals surface area contributed by atoms with Gasteiger partial charge in [-0.2, -0.15) is 0 Å². The lowest BCUT2D eigenvalue weighted by atomic mass is 10.2. The number of rotatable bonds is 13. The number of carbonyl (C=O) groups excluding carboxylic acids is 1. The molecule has 0 bridgehead atoms. The molecule has 32 heavy (non-hydrogen) atoms. The van der Waals surface area contributed by atoms with Crippen molar-refractivity contribution >= 4 is 17.3 Å². The predicted octanol–water partition coefficient (Wildman–Crippen LogP) is 4.77. The topological polar surface area (TPSA) is 68.8 Å². The fourth-order valence-corrected chi connectivity index (χ4v) is 3.01. The molecule has 0 aliphatic heterocycles. The zero-order chi connectivity index (χ0) is 22.4. The van der Waals surface area contributed by atoms with Crippen LogP contribution in [0, 0.1) is 0 Å². The molecule has 0 unspecified atom stereocenters. The van der Waals surface area contributed by atoms with Gasteiger partial charge < -0.3 is 24.8 Å². The van der Waals surface area contributed by atoms with Crippen LogP contribution in [-0.2, 0) is 16.0 Å². The number of hydrogen-bond donors (Lipinski definition) is 2. The van der Waals surface area contributed by atoms with E-state index in [0.29, 0.717) is 26.4 Å². The highest BCUT2D eigenvalue weighted by Crippen LogP contribution is 2.18. The Bertz CT molecular complexity index is 946. The fraction of sp³-hybridized carbons (Fsp3) is 0.269. The van der Waals surface area contributed by atoms with E-state index in [2.05, 4.69) is 22.8 Å². The first-order valence-corrected chi connectivity index (χ1v) is 10.8. The van der Waals surface area contributed by atoms with Crippen LogP contribution >= 0.6 is 0 Å². The quantitative estimate of drug-likeness (QED) is 0.379. The second kappa shape index (κ2) is 13.0. The summed E-state index contributed by atoms with van der Waals surface area (Å²) in [6, 6.07) is 25.1. The molecule has 3 aromatic carbocycles. The number of nitrogens with one attached hydrogen (secondary N) is 2. The Kier molecular flexibility index (Phi) is 9.42. The maximum Gasteiger partial charge on any atom is 0.243 e. The minimum absolute atomic E-state index is 0.134. The first-order chi connectivity index (χ1) is 15.7. The van der Waals surface area contributed by atoms with Gasteiger partial charge in [-0.1, -0.05) is 36.4 Å². The van der Waals surface area contributed by atoms with E-state index < -0.39 is 0 Å². The molecule has 0 spiro atoms. The van der Waals surface area contributed by atoms with Gasteiger partial charge in [-0.25, -0.2) is 0 Å². The molecule has 0 atom stereocenters. The molecule has 0 aromatic heterocycles. The fourth-order valence-electron chi connectivity index (χ4n) is 3.01. The van der Waals surface area contributed by atoms with Gasteiger partial charge in [-0.3, -0.25) is 4.79 Å². The van der Waals surface area contributed by atoms with Gasteiger partial charge in [-0.15, -0.1) is 0 Å². The minimum atomic E-state index is -0.134. The number of benzene rings is 3. The van der Waals surface area contributed by atoms with E-state index in [-0.39, 0.29) is 12.5 Å². The second-order valence-corrected chi connectivity index (χ2v) is 7.08. The zero-order valence-electron chi connectivity index (χ0n) is 18.4. The Morgan fingerprint density at radius 1 is 0.781 bits per heavy atom. The maximum absolute atomic E-state index is 12.3. The minimum Gasteiger partial charge on any atom is -0.493 e. The van der Waals surface area contributed by atoms with Crippen LogP contribution in [0.3, 0.4) is 0 Å². The summed E-state index contributed by atoms with van der Waals surface area (Å²) < 4.78 is 16.7. The zero-order valence-corrected chi connectivity index (χ0v) is 18.4. The van der Waals surface area contributed by atoms with Crippen LogP contribution in [0.25, 0.3) is 0 Å². The SMILES string of the molecule is CCOCCOc1cccc(NCC(=O)Nc2ccc(OCCc3ccccc3)cc2)c1. The van der Waals surface area contributed by atoms with Crippen molar-refractivity contribution in [3.05, 3.63) is 84.4 Å². The van der Waals surface area contributed by atoms with Gasteiger partial charge in [0.05, 0.1) is 19.8 Å². The molecule has 168 valence electrons. The maximum atomic E-state index is 12.3. The highest BCUT2D eigenvalue weighted by molar-refractivity contribution is 5.93. The van der Waals surface area contributed by atoms with Crippen molar-refractivity contribution in [2.75, 3.05) is 43.6 Å². The van der Waals surface area contributed by atoms with Crippen LogP contribution in [0.2, 0.25) is 0 Å². The highest BCUT2D eigenvalue weighted by Gasteiger charge is 2.04. The van der Waals surface area contributed by atoms with Crippen molar-refractivity contribution in [3.63, 3.8) is 0 Å². The summed E-state index contributed by atoms with van der Waals surface area (Å²) in [5, 5.41) is 5.99. The van der Waals surface area contributed by atoms with E-state index in [4.69, 9.17) is 14.2 Å². The summed E-state index contributed by atoms with van der Waals surface area (Å²) in [6.07, 6.45) is 0.851. The smallest absolute Gasteiger partial charge is 0.243 e. The predicted molar refractivity (Wildman–Crippen MR) is 128 cm³/mol. The third-order valence-corrected chi connectivity index (χ3v) is 4.63. The molecule has 2 N–H and O–H groups in total. The number of ether oxygens (including phenoxy) is 3. The van der Waals surface area contributed by atoms with E-state index in [1.165, 1.54) is 5.56 Å². The van der Waals surface area contributed by atoms with Crippen molar-refractivity contribution in [1.29, 1.82) is 0 Å². The molecule has 0 radical (unpaired) electrons. The molecule has 6 nitrogen and oxygen atoms in total. The Hall–Kier alpha value is -3.51. The molecule has 0 aliphatic rings. The Morgan fingerprint density at radius 3 is 2.34 bits per heavy atom. The third kappa shape index (κ3) is 8.32. The normalized spacial score (nSPS) is 10.4. The number of anilines is 2. The number of amides is 1. The molecular weight excluding hydrogens is 404 g/mol. The van der Waals surface area contributed by atoms with Gasteiger partial charge in [0.2, 0.25) is 5.91 Å². The average molecular weight is 435 g/mol. The molecule has 1 amide bonds. The lowest BCUT2D eigenvalue weighted by molar-refractivity contribution is -0.114.